The van der Waals surface area contributed by atoms with E-state index in [1.807, 2.05) is 19.1 Å². The van der Waals surface area contributed by atoms with Gasteiger partial charge in [-0.2, -0.15) is 0 Å². The van der Waals surface area contributed by atoms with E-state index in [0.717, 1.165) is 31.2 Å². The van der Waals surface area contributed by atoms with Crippen LogP contribution in [-0.2, 0) is 20.9 Å². The number of nitrogens with two attached hydrogens (primary N) is 1. The summed E-state index contributed by atoms with van der Waals surface area (Å²) >= 11 is -1.75. The monoisotopic (exact) mass is 652 g/mol. The predicted octanol–water partition coefficient (Wildman–Crippen LogP) is 7.34. The molecule has 0 spiro atoms. The van der Waals surface area contributed by atoms with E-state index in [2.05, 4.69) is 11.3 Å². The van der Waals surface area contributed by atoms with Crippen LogP contribution < -0.4 is 19.9 Å². The number of carbonyl (C=O) groups is 3. The van der Waals surface area contributed by atoms with Gasteiger partial charge in [0, 0.05) is 22.8 Å². The molecule has 0 heterocycles. The third kappa shape index (κ3) is 7.85. The van der Waals surface area contributed by atoms with Gasteiger partial charge in [-0.1, -0.05) is 48.5 Å². The van der Waals surface area contributed by atoms with Gasteiger partial charge >= 0.3 is 5.97 Å². The molecular formula is C37H36N2O7S. The number of aryl methyl sites for hydroxylation is 1. The van der Waals surface area contributed by atoms with E-state index in [0.29, 0.717) is 35.2 Å². The molecule has 47 heavy (non-hydrogen) atoms. The molecule has 0 saturated carbocycles. The fraction of sp³-hybridized carbons (Fsp3) is 0.216. The number of hydrogen-bond acceptors (Lipinski definition) is 9. The number of anilines is 2. The molecule has 9 nitrogen and oxygen atoms in total. The molecule has 1 aliphatic rings. The van der Waals surface area contributed by atoms with E-state index < -0.39 is 22.9 Å². The fourth-order valence-corrected chi connectivity index (χ4v) is 5.91. The Morgan fingerprint density at radius 1 is 0.851 bits per heavy atom. The number of rotatable bonds is 14. The molecular weight excluding hydrogens is 616 g/mol. The first-order valence-corrected chi connectivity index (χ1v) is 16.4. The fourth-order valence-electron chi connectivity index (χ4n) is 5.05. The van der Waals surface area contributed by atoms with Gasteiger partial charge in [0.1, 0.15) is 22.9 Å². The maximum atomic E-state index is 13.7. The van der Waals surface area contributed by atoms with Crippen LogP contribution in [0.5, 0.6) is 17.2 Å². The highest BCUT2D eigenvalue weighted by molar-refractivity contribution is 7.92. The van der Waals surface area contributed by atoms with Gasteiger partial charge in [-0.15, -0.1) is 0 Å². The van der Waals surface area contributed by atoms with Gasteiger partial charge in [0.2, 0.25) is 0 Å². The molecule has 0 radical (unpaired) electrons. The highest BCUT2D eigenvalue weighted by Crippen LogP contribution is 2.43. The Kier molecular flexibility index (Phi) is 10.6. The number of benzene rings is 4. The van der Waals surface area contributed by atoms with Gasteiger partial charge in [-0.25, -0.2) is 9.52 Å². The van der Waals surface area contributed by atoms with Crippen molar-refractivity contribution in [3.8, 4) is 17.2 Å². The normalized spacial score (nSPS) is 12.5. The molecule has 1 atom stereocenters. The lowest BCUT2D eigenvalue weighted by atomic mass is 9.82. The molecule has 0 saturated heterocycles. The molecule has 0 aliphatic heterocycles. The quantitative estimate of drug-likeness (QED) is 0.0415. The van der Waals surface area contributed by atoms with E-state index in [9.17, 15) is 18.9 Å². The highest BCUT2D eigenvalue weighted by atomic mass is 32.2. The number of esters is 1. The maximum Gasteiger partial charge on any atom is 0.333 e. The van der Waals surface area contributed by atoms with Crippen LogP contribution in [0.2, 0.25) is 0 Å². The average molecular weight is 653 g/mol. The van der Waals surface area contributed by atoms with Crippen LogP contribution >= 0.6 is 0 Å². The van der Waals surface area contributed by atoms with E-state index >= 15 is 0 Å². The molecule has 1 aliphatic carbocycles. The standard InChI is InChI=1S/C37H36N2O7S/c1-23(2)37(42)45-21-9-5-4-8-20-44-25-14-16-26(17-15-25)46-31-22-30(39-47(43)27-18-12-24(3)13-19-27)32-33(34(31)38)36(41)29-11-7-6-10-28(29)35(32)40/h6-7,10-19,22,39H,1,4-5,8-9,20-21,38H2,2-3H3. The lowest BCUT2D eigenvalue weighted by Gasteiger charge is -2.24. The Labute approximate surface area is 277 Å². The molecule has 0 fully saturated rings. The molecule has 3 N–H and O–H groups in total. The van der Waals surface area contributed by atoms with E-state index in [1.165, 1.54) is 6.07 Å². The summed E-state index contributed by atoms with van der Waals surface area (Å²) in [7, 11) is 0. The summed E-state index contributed by atoms with van der Waals surface area (Å²) in [5, 5.41) is 0. The third-order valence-corrected chi connectivity index (χ3v) is 8.68. The van der Waals surface area contributed by atoms with Crippen LogP contribution in [0.25, 0.3) is 0 Å². The minimum absolute atomic E-state index is 0.00328. The Bertz CT molecular complexity index is 1800. The van der Waals surface area contributed by atoms with Crippen molar-refractivity contribution < 1.29 is 33.1 Å². The van der Waals surface area contributed by atoms with Gasteiger partial charge in [-0.3, -0.25) is 9.59 Å². The van der Waals surface area contributed by atoms with E-state index in [1.54, 1.807) is 67.6 Å². The number of nitrogens with one attached hydrogen (secondary N) is 1. The van der Waals surface area contributed by atoms with Crippen LogP contribution in [0.4, 0.5) is 11.4 Å². The smallest absolute Gasteiger partial charge is 0.333 e. The minimum Gasteiger partial charge on any atom is -0.588 e. The van der Waals surface area contributed by atoms with Gasteiger partial charge in [0.05, 0.1) is 35.7 Å². The molecule has 0 amide bonds. The Morgan fingerprint density at radius 2 is 1.45 bits per heavy atom. The zero-order valence-corrected chi connectivity index (χ0v) is 27.1. The first kappa shape index (κ1) is 33.3. The summed E-state index contributed by atoms with van der Waals surface area (Å²) in [5.74, 6) is 0.0307. The second-order valence-corrected chi connectivity index (χ2v) is 12.4. The van der Waals surface area contributed by atoms with Crippen LogP contribution in [0, 0.1) is 6.92 Å². The van der Waals surface area contributed by atoms with Crippen LogP contribution in [0.3, 0.4) is 0 Å². The molecule has 4 aromatic rings. The van der Waals surface area contributed by atoms with Crippen LogP contribution in [-0.4, -0.2) is 35.3 Å². The summed E-state index contributed by atoms with van der Waals surface area (Å²) in [5.41, 5.74) is 8.65. The van der Waals surface area contributed by atoms with Gasteiger partial charge < -0.3 is 24.5 Å². The lowest BCUT2D eigenvalue weighted by molar-refractivity contribution is -0.139. The van der Waals surface area contributed by atoms with Gasteiger partial charge in [0.15, 0.2) is 22.2 Å². The number of nitrogen functional groups attached to an aromatic ring is 1. The van der Waals surface area contributed by atoms with Crippen LogP contribution in [0.1, 0.15) is 70.0 Å². The summed E-state index contributed by atoms with van der Waals surface area (Å²) in [6, 6.07) is 22.1. The van der Waals surface area contributed by atoms with Crippen LogP contribution in [0.15, 0.2) is 95.9 Å². The largest absolute Gasteiger partial charge is 0.588 e. The number of hydrogen-bond donors (Lipinski definition) is 2. The number of fused-ring (bicyclic) bond motifs is 2. The van der Waals surface area contributed by atoms with Gasteiger partial charge in [0.25, 0.3) is 0 Å². The molecule has 4 aromatic carbocycles. The van der Waals surface area contributed by atoms with Crippen molar-refractivity contribution in [3.05, 3.63) is 119 Å². The number of unbranched alkanes of at least 4 members (excludes halogenated alkanes) is 3. The lowest BCUT2D eigenvalue weighted by Crippen LogP contribution is -2.25. The van der Waals surface area contributed by atoms with Crippen molar-refractivity contribution in [2.24, 2.45) is 0 Å². The molecule has 5 rings (SSSR count). The third-order valence-electron chi connectivity index (χ3n) is 7.58. The topological polar surface area (TPSA) is 140 Å². The zero-order chi connectivity index (χ0) is 33.5. The van der Waals surface area contributed by atoms with E-state index in [-0.39, 0.29) is 45.3 Å². The highest BCUT2D eigenvalue weighted by Gasteiger charge is 2.36. The predicted molar refractivity (Wildman–Crippen MR) is 182 cm³/mol. The summed E-state index contributed by atoms with van der Waals surface area (Å²) in [6.07, 6.45) is 3.47. The SMILES string of the molecule is C=C(C)C(=O)OCCCCCCOc1ccc(Oc2cc(N[S+]([O-])c3ccc(C)cc3)c3c(c2N)C(=O)c2ccccc2C3=O)cc1. The summed E-state index contributed by atoms with van der Waals surface area (Å²) < 4.78 is 33.4. The first-order valence-electron chi connectivity index (χ1n) is 15.3. The molecule has 0 aromatic heterocycles. The van der Waals surface area contributed by atoms with Crippen molar-refractivity contribution in [2.45, 2.75) is 44.4 Å². The van der Waals surface area contributed by atoms with Crippen molar-refractivity contribution >= 4 is 40.3 Å². The van der Waals surface area contributed by atoms with Crippen molar-refractivity contribution in [1.82, 2.24) is 0 Å². The molecule has 0 bridgehead atoms. The summed E-state index contributed by atoms with van der Waals surface area (Å²) in [6.45, 7) is 8.02. The second-order valence-electron chi connectivity index (χ2n) is 11.2. The Balaban J connectivity index is 1.29. The summed E-state index contributed by atoms with van der Waals surface area (Å²) in [4.78, 5) is 39.3. The number of ketones is 2. The van der Waals surface area contributed by atoms with E-state index in [4.69, 9.17) is 19.9 Å². The van der Waals surface area contributed by atoms with Crippen molar-refractivity contribution in [1.29, 1.82) is 0 Å². The van der Waals surface area contributed by atoms with Gasteiger partial charge in [-0.05, 0) is 75.9 Å². The van der Waals surface area contributed by atoms with Crippen molar-refractivity contribution in [3.63, 3.8) is 0 Å². The Hall–Kier alpha value is -5.06. The zero-order valence-electron chi connectivity index (χ0n) is 26.3. The average Bonchev–Trinajstić information content (AvgIpc) is 3.07. The maximum absolute atomic E-state index is 13.7. The molecule has 242 valence electrons. The molecule has 10 heteroatoms. The van der Waals surface area contributed by atoms with Crippen molar-refractivity contribution in [2.75, 3.05) is 23.7 Å². The number of ether oxygens (including phenoxy) is 3. The number of carbonyl (C=O) groups excluding carboxylic acids is 3. The Morgan fingerprint density at radius 3 is 2.09 bits per heavy atom. The molecule has 1 unspecified atom stereocenters. The minimum atomic E-state index is -1.75. The second kappa shape index (κ2) is 15.0. The first-order chi connectivity index (χ1) is 22.6.